The predicted octanol–water partition coefficient (Wildman–Crippen LogP) is 2.61. The molecule has 0 saturated carbocycles. The number of aromatic nitrogens is 4. The maximum atomic E-state index is 10.4. The highest BCUT2D eigenvalue weighted by atomic mass is 35.5. The zero-order chi connectivity index (χ0) is 16.1. The molecule has 2 heterocycles. The smallest absolute Gasteiger partial charge is 0.322 e. The van der Waals surface area contributed by atoms with Crippen molar-refractivity contribution >= 4 is 23.2 Å². The topological polar surface area (TPSA) is 93.3 Å². The van der Waals surface area contributed by atoms with Gasteiger partial charge in [-0.05, 0) is 29.6 Å². The summed E-state index contributed by atoms with van der Waals surface area (Å²) >= 11 is 11.3. The van der Waals surface area contributed by atoms with E-state index < -0.39 is 0 Å². The van der Waals surface area contributed by atoms with Crippen LogP contribution in [0.15, 0.2) is 12.2 Å². The summed E-state index contributed by atoms with van der Waals surface area (Å²) in [5.41, 5.74) is 1.64. The van der Waals surface area contributed by atoms with Gasteiger partial charge in [0.2, 0.25) is 10.6 Å². The lowest BCUT2D eigenvalue weighted by Gasteiger charge is -2.10. The molecule has 2 aromatic rings. The van der Waals surface area contributed by atoms with Crippen LogP contribution < -0.4 is 4.74 Å². The number of hydrogen-bond donors (Lipinski definition) is 2. The molecule has 0 amide bonds. The number of rotatable bonds is 4. The first-order valence-corrected chi connectivity index (χ1v) is 7.82. The average molecular weight is 355 g/mol. The molecule has 1 unspecified atom stereocenters. The molecule has 7 nitrogen and oxygen atoms in total. The van der Waals surface area contributed by atoms with Crippen molar-refractivity contribution in [1.82, 2.24) is 19.5 Å². The Labute approximate surface area is 141 Å². The average Bonchev–Trinajstić information content (AvgIpc) is 3.15. The van der Waals surface area contributed by atoms with Gasteiger partial charge in [0, 0.05) is 23.0 Å². The molecule has 2 aliphatic rings. The molecule has 2 bridgehead atoms. The van der Waals surface area contributed by atoms with Crippen molar-refractivity contribution in [3.63, 3.8) is 0 Å². The fourth-order valence-electron chi connectivity index (χ4n) is 3.30. The Hall–Kier alpha value is -1.99. The zero-order valence-electron chi connectivity index (χ0n) is 11.8. The van der Waals surface area contributed by atoms with E-state index in [-0.39, 0.29) is 53.3 Å². The lowest BCUT2D eigenvalue weighted by atomic mass is 10.0. The second-order valence-corrected chi connectivity index (χ2v) is 6.14. The van der Waals surface area contributed by atoms with Crippen LogP contribution in [-0.4, -0.2) is 36.3 Å². The van der Waals surface area contributed by atoms with Gasteiger partial charge < -0.3 is 14.9 Å². The summed E-state index contributed by atoms with van der Waals surface area (Å²) in [4.78, 5) is 11.2. The zero-order valence-corrected chi connectivity index (χ0v) is 13.3. The van der Waals surface area contributed by atoms with Crippen LogP contribution in [0.3, 0.4) is 0 Å². The van der Waals surface area contributed by atoms with Gasteiger partial charge in [0.05, 0.1) is 6.54 Å². The van der Waals surface area contributed by atoms with Gasteiger partial charge in [-0.15, -0.1) is 0 Å². The Bertz CT molecular complexity index is 765. The number of halogens is 2. The number of allylic oxidation sites excluding steroid dienone is 2. The van der Waals surface area contributed by atoms with Gasteiger partial charge in [0.15, 0.2) is 11.8 Å². The Kier molecular flexibility index (Phi) is 3.35. The molecule has 0 fully saturated rings. The van der Waals surface area contributed by atoms with E-state index in [0.717, 1.165) is 17.5 Å². The normalized spacial score (nSPS) is 21.0. The van der Waals surface area contributed by atoms with Crippen molar-refractivity contribution < 1.29 is 14.9 Å². The van der Waals surface area contributed by atoms with Gasteiger partial charge >= 0.3 is 6.01 Å². The van der Waals surface area contributed by atoms with Crippen molar-refractivity contribution in [2.75, 3.05) is 6.61 Å². The van der Waals surface area contributed by atoms with Crippen LogP contribution in [0.2, 0.25) is 10.6 Å². The van der Waals surface area contributed by atoms with E-state index in [1.165, 1.54) is 4.57 Å². The van der Waals surface area contributed by atoms with Crippen molar-refractivity contribution in [1.29, 1.82) is 0 Å². The van der Waals surface area contributed by atoms with E-state index >= 15 is 0 Å². The lowest BCUT2D eigenvalue weighted by molar-refractivity contribution is 0.256. The predicted molar refractivity (Wildman–Crippen MR) is 82.3 cm³/mol. The van der Waals surface area contributed by atoms with Crippen molar-refractivity contribution in [2.24, 2.45) is 0 Å². The molecule has 2 aromatic heterocycles. The molecule has 0 saturated heterocycles. The summed E-state index contributed by atoms with van der Waals surface area (Å²) in [7, 11) is 0. The molecule has 0 spiro atoms. The molecule has 0 radical (unpaired) electrons. The first-order valence-electron chi connectivity index (χ1n) is 7.07. The highest BCUT2D eigenvalue weighted by Crippen LogP contribution is 2.56. The quantitative estimate of drug-likeness (QED) is 0.819. The van der Waals surface area contributed by atoms with Crippen LogP contribution >= 0.6 is 23.2 Å². The molecule has 0 aromatic carbocycles. The Balaban J connectivity index is 1.50. The largest absolute Gasteiger partial charge is 0.494 e. The van der Waals surface area contributed by atoms with E-state index in [1.54, 1.807) is 0 Å². The molecule has 120 valence electrons. The molecule has 4 rings (SSSR count). The summed E-state index contributed by atoms with van der Waals surface area (Å²) in [6, 6.07) is -0.00425. The summed E-state index contributed by atoms with van der Waals surface area (Å²) in [6.07, 6.45) is 5.06. The molecular formula is C14H12Cl2N4O3. The first kappa shape index (κ1) is 14.6. The summed E-state index contributed by atoms with van der Waals surface area (Å²) < 4.78 is 6.79. The third kappa shape index (κ3) is 2.31. The minimum atomic E-state index is -0.0618. The van der Waals surface area contributed by atoms with Gasteiger partial charge in [0.25, 0.3) is 0 Å². The van der Waals surface area contributed by atoms with E-state index in [2.05, 4.69) is 27.1 Å². The van der Waals surface area contributed by atoms with Crippen molar-refractivity contribution in [2.45, 2.75) is 24.8 Å². The molecule has 2 aliphatic carbocycles. The second-order valence-electron chi connectivity index (χ2n) is 5.46. The molecule has 23 heavy (non-hydrogen) atoms. The number of nitrogens with zero attached hydrogens (tertiary/aromatic N) is 4. The van der Waals surface area contributed by atoms with Crippen LogP contribution in [0.4, 0.5) is 0 Å². The minimum Gasteiger partial charge on any atom is -0.494 e. The Morgan fingerprint density at radius 1 is 1.04 bits per heavy atom. The highest BCUT2D eigenvalue weighted by Gasteiger charge is 2.40. The summed E-state index contributed by atoms with van der Waals surface area (Å²) in [6.45, 7) is 0.374. The van der Waals surface area contributed by atoms with Crippen LogP contribution in [-0.2, 0) is 6.54 Å². The third-order valence-corrected chi connectivity index (χ3v) is 4.55. The molecular weight excluding hydrogens is 343 g/mol. The number of hydrogen-bond acceptors (Lipinski definition) is 6. The fraction of sp³-hybridized carbons (Fsp3) is 0.357. The number of aromatic hydroxyl groups is 2. The second kappa shape index (κ2) is 5.28. The van der Waals surface area contributed by atoms with E-state index in [0.29, 0.717) is 0 Å². The standard InChI is InChI=1S/C14H12Cl2N4O3/c15-12-17-13(16)19-14(18-12)23-4-3-20-10(21)8-6-1-2-7(5-6)9(8)11(20)22/h1-2,6-7,21-22H,3-5H2/t6-,7?/m0/s1. The van der Waals surface area contributed by atoms with Crippen LogP contribution in [0.5, 0.6) is 17.8 Å². The molecule has 2 N–H and O–H groups in total. The van der Waals surface area contributed by atoms with Crippen LogP contribution in [0, 0.1) is 0 Å². The van der Waals surface area contributed by atoms with Gasteiger partial charge in [-0.1, -0.05) is 12.2 Å². The first-order chi connectivity index (χ1) is 11.0. The Morgan fingerprint density at radius 2 is 1.61 bits per heavy atom. The van der Waals surface area contributed by atoms with Crippen molar-refractivity contribution in [3.05, 3.63) is 33.8 Å². The lowest BCUT2D eigenvalue weighted by Crippen LogP contribution is -2.10. The fourth-order valence-corrected chi connectivity index (χ4v) is 3.65. The van der Waals surface area contributed by atoms with Crippen LogP contribution in [0.1, 0.15) is 29.4 Å². The molecule has 0 aliphatic heterocycles. The molecule has 9 heteroatoms. The van der Waals surface area contributed by atoms with Gasteiger partial charge in [0.1, 0.15) is 6.61 Å². The van der Waals surface area contributed by atoms with E-state index in [4.69, 9.17) is 27.9 Å². The SMILES string of the molecule is Oc1c2c(c(O)n1CCOc1nc(Cl)nc(Cl)n1)[C@H]1C=CC2C1. The highest BCUT2D eigenvalue weighted by molar-refractivity contribution is 6.31. The van der Waals surface area contributed by atoms with Gasteiger partial charge in [-0.3, -0.25) is 4.57 Å². The van der Waals surface area contributed by atoms with E-state index in [9.17, 15) is 10.2 Å². The number of ether oxygens (including phenoxy) is 1. The van der Waals surface area contributed by atoms with Crippen LogP contribution in [0.25, 0.3) is 0 Å². The number of fused-ring (bicyclic) bond motifs is 5. The summed E-state index contributed by atoms with van der Waals surface area (Å²) in [5.74, 6) is 0.544. The molecule has 2 atom stereocenters. The van der Waals surface area contributed by atoms with Gasteiger partial charge in [-0.25, -0.2) is 0 Å². The van der Waals surface area contributed by atoms with Crippen molar-refractivity contribution in [3.8, 4) is 17.8 Å². The van der Waals surface area contributed by atoms with Gasteiger partial charge in [-0.2, -0.15) is 15.0 Å². The maximum absolute atomic E-state index is 10.4. The Morgan fingerprint density at radius 3 is 2.17 bits per heavy atom. The van der Waals surface area contributed by atoms with E-state index in [1.807, 2.05) is 0 Å². The monoisotopic (exact) mass is 354 g/mol. The third-order valence-electron chi connectivity index (χ3n) is 4.21. The minimum absolute atomic E-state index is 0.00425. The maximum Gasteiger partial charge on any atom is 0.322 e. The summed E-state index contributed by atoms with van der Waals surface area (Å²) in [5, 5.41) is 20.6.